The highest BCUT2D eigenvalue weighted by Gasteiger charge is 2.28. The fourth-order valence-electron chi connectivity index (χ4n) is 2.85. The first-order chi connectivity index (χ1) is 13.1. The Hall–Kier alpha value is -2.68. The SMILES string of the molecule is CC(CCO)NCC(O)COc1cccc2c1C(=Cc1ccn[nH]1)C(=O)N2. The summed E-state index contributed by atoms with van der Waals surface area (Å²) in [5.41, 5.74) is 2.54. The monoisotopic (exact) mass is 372 g/mol. The minimum atomic E-state index is -0.716. The molecule has 144 valence electrons. The number of fused-ring (bicyclic) bond motifs is 1. The third-order valence-corrected chi connectivity index (χ3v) is 4.31. The summed E-state index contributed by atoms with van der Waals surface area (Å²) in [6.07, 6.45) is 3.24. The number of rotatable bonds is 9. The number of aromatic nitrogens is 2. The number of carbonyl (C=O) groups excluding carboxylic acids is 1. The van der Waals surface area contributed by atoms with Gasteiger partial charge in [-0.1, -0.05) is 6.07 Å². The van der Waals surface area contributed by atoms with E-state index in [2.05, 4.69) is 20.8 Å². The standard InChI is InChI=1S/C19H24N4O4/c1-12(6-8-24)20-10-14(25)11-27-17-4-2-3-16-18(17)15(19(26)22-16)9-13-5-7-21-23-13/h2-5,7,9,12,14,20,24-25H,6,8,10-11H2,1H3,(H,21,23)(H,22,26). The summed E-state index contributed by atoms with van der Waals surface area (Å²) in [5, 5.41) is 31.7. The van der Waals surface area contributed by atoms with Gasteiger partial charge < -0.3 is 25.6 Å². The predicted molar refractivity (Wildman–Crippen MR) is 102 cm³/mol. The number of aromatic amines is 1. The number of hydrogen-bond acceptors (Lipinski definition) is 6. The average Bonchev–Trinajstić information content (AvgIpc) is 3.27. The number of aliphatic hydroxyl groups is 2. The summed E-state index contributed by atoms with van der Waals surface area (Å²) in [6, 6.07) is 7.25. The summed E-state index contributed by atoms with van der Waals surface area (Å²) in [4.78, 5) is 12.3. The maximum absolute atomic E-state index is 12.3. The van der Waals surface area contributed by atoms with Gasteiger partial charge in [-0.25, -0.2) is 0 Å². The minimum absolute atomic E-state index is 0.0842. The van der Waals surface area contributed by atoms with Crippen LogP contribution in [0.25, 0.3) is 11.6 Å². The van der Waals surface area contributed by atoms with Crippen LogP contribution in [0.15, 0.2) is 30.5 Å². The van der Waals surface area contributed by atoms with Crippen molar-refractivity contribution >= 4 is 23.2 Å². The normalized spacial score (nSPS) is 16.9. The fraction of sp³-hybridized carbons (Fsp3) is 0.368. The predicted octanol–water partition coefficient (Wildman–Crippen LogP) is 1.00. The molecule has 1 aromatic carbocycles. The number of benzene rings is 1. The lowest BCUT2D eigenvalue weighted by Gasteiger charge is -2.18. The van der Waals surface area contributed by atoms with Gasteiger partial charge in [0.05, 0.1) is 22.5 Å². The quantitative estimate of drug-likeness (QED) is 0.419. The number of amides is 1. The number of aliphatic hydroxyl groups excluding tert-OH is 2. The lowest BCUT2D eigenvalue weighted by atomic mass is 10.0. The molecule has 0 bridgehead atoms. The number of ether oxygens (including phenoxy) is 1. The van der Waals surface area contributed by atoms with Crippen LogP contribution < -0.4 is 15.4 Å². The van der Waals surface area contributed by atoms with Crippen molar-refractivity contribution in [1.29, 1.82) is 0 Å². The van der Waals surface area contributed by atoms with Gasteiger partial charge >= 0.3 is 0 Å². The Morgan fingerprint density at radius 1 is 1.37 bits per heavy atom. The third kappa shape index (κ3) is 4.73. The zero-order valence-corrected chi connectivity index (χ0v) is 15.1. The van der Waals surface area contributed by atoms with E-state index in [-0.39, 0.29) is 25.2 Å². The molecular weight excluding hydrogens is 348 g/mol. The van der Waals surface area contributed by atoms with Crippen LogP contribution in [0.5, 0.6) is 5.75 Å². The average molecular weight is 372 g/mol. The molecule has 0 fully saturated rings. The number of H-pyrrole nitrogens is 1. The zero-order chi connectivity index (χ0) is 19.2. The first-order valence-electron chi connectivity index (χ1n) is 8.89. The Labute approximate surface area is 157 Å². The number of hydrogen-bond donors (Lipinski definition) is 5. The van der Waals surface area contributed by atoms with Gasteiger partial charge in [0.2, 0.25) is 0 Å². The molecule has 27 heavy (non-hydrogen) atoms. The van der Waals surface area contributed by atoms with Gasteiger partial charge in [-0.15, -0.1) is 0 Å². The molecule has 1 aliphatic heterocycles. The summed E-state index contributed by atoms with van der Waals surface area (Å²) in [7, 11) is 0. The Balaban J connectivity index is 1.70. The second-order valence-electron chi connectivity index (χ2n) is 6.49. The summed E-state index contributed by atoms with van der Waals surface area (Å²) in [6.45, 7) is 2.48. The van der Waals surface area contributed by atoms with Crippen molar-refractivity contribution in [3.63, 3.8) is 0 Å². The molecular formula is C19H24N4O4. The highest BCUT2D eigenvalue weighted by Crippen LogP contribution is 2.39. The molecule has 0 radical (unpaired) electrons. The van der Waals surface area contributed by atoms with Gasteiger partial charge in [-0.05, 0) is 37.6 Å². The Bertz CT molecular complexity index is 804. The van der Waals surface area contributed by atoms with Crippen molar-refractivity contribution in [1.82, 2.24) is 15.5 Å². The lowest BCUT2D eigenvalue weighted by Crippen LogP contribution is -2.37. The molecule has 0 saturated heterocycles. The smallest absolute Gasteiger partial charge is 0.256 e. The van der Waals surface area contributed by atoms with E-state index in [1.54, 1.807) is 30.5 Å². The Morgan fingerprint density at radius 3 is 2.96 bits per heavy atom. The van der Waals surface area contributed by atoms with E-state index in [4.69, 9.17) is 9.84 Å². The molecule has 5 N–H and O–H groups in total. The van der Waals surface area contributed by atoms with Crippen LogP contribution in [0.2, 0.25) is 0 Å². The van der Waals surface area contributed by atoms with E-state index in [1.807, 2.05) is 13.0 Å². The largest absolute Gasteiger partial charge is 0.490 e. The summed E-state index contributed by atoms with van der Waals surface area (Å²) >= 11 is 0. The van der Waals surface area contributed by atoms with Crippen LogP contribution in [0.3, 0.4) is 0 Å². The fourth-order valence-corrected chi connectivity index (χ4v) is 2.85. The van der Waals surface area contributed by atoms with Crippen LogP contribution >= 0.6 is 0 Å². The van der Waals surface area contributed by atoms with E-state index < -0.39 is 6.10 Å². The first kappa shape index (κ1) is 19.1. The van der Waals surface area contributed by atoms with Gasteiger partial charge in [-0.2, -0.15) is 5.10 Å². The Morgan fingerprint density at radius 2 is 2.22 bits per heavy atom. The second-order valence-corrected chi connectivity index (χ2v) is 6.49. The molecule has 2 heterocycles. The van der Waals surface area contributed by atoms with Crippen molar-refractivity contribution < 1.29 is 19.7 Å². The van der Waals surface area contributed by atoms with E-state index in [0.29, 0.717) is 41.2 Å². The second kappa shape index (κ2) is 8.81. The molecule has 8 nitrogen and oxygen atoms in total. The van der Waals surface area contributed by atoms with Crippen molar-refractivity contribution in [2.75, 3.05) is 25.1 Å². The zero-order valence-electron chi connectivity index (χ0n) is 15.1. The van der Waals surface area contributed by atoms with Crippen molar-refractivity contribution in [2.24, 2.45) is 0 Å². The molecule has 1 amide bonds. The number of carbonyl (C=O) groups is 1. The maximum Gasteiger partial charge on any atom is 0.256 e. The number of nitrogens with one attached hydrogen (secondary N) is 3. The molecule has 3 rings (SSSR count). The third-order valence-electron chi connectivity index (χ3n) is 4.31. The van der Waals surface area contributed by atoms with Crippen LogP contribution in [0, 0.1) is 0 Å². The van der Waals surface area contributed by atoms with E-state index in [9.17, 15) is 9.90 Å². The lowest BCUT2D eigenvalue weighted by molar-refractivity contribution is -0.110. The minimum Gasteiger partial charge on any atom is -0.490 e. The van der Waals surface area contributed by atoms with Gasteiger partial charge in [0.15, 0.2) is 0 Å². The summed E-state index contributed by atoms with van der Waals surface area (Å²) in [5.74, 6) is 0.315. The van der Waals surface area contributed by atoms with Gasteiger partial charge in [0, 0.05) is 25.4 Å². The first-order valence-corrected chi connectivity index (χ1v) is 8.89. The summed E-state index contributed by atoms with van der Waals surface area (Å²) < 4.78 is 5.80. The molecule has 0 aliphatic carbocycles. The van der Waals surface area contributed by atoms with Gasteiger partial charge in [0.25, 0.3) is 5.91 Å². The topological polar surface area (TPSA) is 120 Å². The van der Waals surface area contributed by atoms with Gasteiger partial charge in [-0.3, -0.25) is 9.89 Å². The van der Waals surface area contributed by atoms with Crippen molar-refractivity contribution in [2.45, 2.75) is 25.5 Å². The highest BCUT2D eigenvalue weighted by molar-refractivity contribution is 6.35. The van der Waals surface area contributed by atoms with Crippen molar-refractivity contribution in [3.05, 3.63) is 41.7 Å². The van der Waals surface area contributed by atoms with Gasteiger partial charge in [0.1, 0.15) is 18.5 Å². The number of nitrogens with zero attached hydrogens (tertiary/aromatic N) is 1. The molecule has 2 atom stereocenters. The molecule has 1 aliphatic rings. The molecule has 0 spiro atoms. The van der Waals surface area contributed by atoms with Crippen LogP contribution in [0.1, 0.15) is 24.6 Å². The van der Waals surface area contributed by atoms with E-state index in [1.165, 1.54) is 0 Å². The van der Waals surface area contributed by atoms with Crippen LogP contribution in [0.4, 0.5) is 5.69 Å². The Kier molecular flexibility index (Phi) is 6.23. The van der Waals surface area contributed by atoms with E-state index >= 15 is 0 Å². The molecule has 0 saturated carbocycles. The highest BCUT2D eigenvalue weighted by atomic mass is 16.5. The van der Waals surface area contributed by atoms with E-state index in [0.717, 1.165) is 0 Å². The van der Waals surface area contributed by atoms with Crippen molar-refractivity contribution in [3.8, 4) is 5.75 Å². The van der Waals surface area contributed by atoms with Crippen LogP contribution in [-0.2, 0) is 4.79 Å². The molecule has 2 aromatic rings. The number of anilines is 1. The molecule has 8 heteroatoms. The maximum atomic E-state index is 12.3. The van der Waals surface area contributed by atoms with Crippen LogP contribution in [-0.4, -0.2) is 58.2 Å². The molecule has 2 unspecified atom stereocenters. The molecule has 1 aromatic heterocycles.